The molecule has 2 aromatic carbocycles. The van der Waals surface area contributed by atoms with Crippen LogP contribution in [0.4, 0.5) is 0 Å². The summed E-state index contributed by atoms with van der Waals surface area (Å²) in [6.07, 6.45) is 0. The Kier molecular flexibility index (Phi) is 9.76. The van der Waals surface area contributed by atoms with Crippen LogP contribution in [0.5, 0.6) is 11.5 Å². The zero-order valence-electron chi connectivity index (χ0n) is 26.8. The van der Waals surface area contributed by atoms with E-state index in [1.165, 1.54) is 33.4 Å². The summed E-state index contributed by atoms with van der Waals surface area (Å²) < 4.78 is 13.8. The number of hydrogen-bond donors (Lipinski definition) is 0. The summed E-state index contributed by atoms with van der Waals surface area (Å²) in [5.41, 5.74) is 7.95. The lowest BCUT2D eigenvalue weighted by Crippen LogP contribution is -2.28. The molecule has 0 saturated heterocycles. The van der Waals surface area contributed by atoms with Gasteiger partial charge in [0.1, 0.15) is 5.75 Å². The summed E-state index contributed by atoms with van der Waals surface area (Å²) >= 11 is -1.55. The van der Waals surface area contributed by atoms with E-state index in [9.17, 15) is 0 Å². The van der Waals surface area contributed by atoms with E-state index < -0.39 is 14.5 Å². The Bertz CT molecular complexity index is 999. The molecule has 0 aromatic heterocycles. The quantitative estimate of drug-likeness (QED) is 0.337. The standard InChI is InChI=1S/C17H27O.C15H24O.C2H5.Al/c1-9-18-15-13(16(3,4)5)10-12(2)11-14(15)17(6,7)8;1-10-8-11(14(2,3)4)13(16)12(9-10)15(5,6)7;1-2;/h10-11H,1,9H2,2-8H3;8-9,16H,1-7H3;1H2,2H3;/q;;;+1/p-1. The Morgan fingerprint density at radius 2 is 0.892 bits per heavy atom. The van der Waals surface area contributed by atoms with Crippen LogP contribution in [0.25, 0.3) is 0 Å². The molecule has 206 valence electrons. The van der Waals surface area contributed by atoms with Gasteiger partial charge in [-0.2, -0.15) is 0 Å². The fourth-order valence-corrected chi connectivity index (χ4v) is 6.52. The van der Waals surface area contributed by atoms with E-state index in [4.69, 9.17) is 8.53 Å². The lowest BCUT2D eigenvalue weighted by molar-refractivity contribution is 0.314. The van der Waals surface area contributed by atoms with Gasteiger partial charge in [0.05, 0.1) is 12.4 Å². The molecular weight excluding hydrogens is 467 g/mol. The molecule has 2 nitrogen and oxygen atoms in total. The van der Waals surface area contributed by atoms with Crippen LogP contribution in [0.15, 0.2) is 24.3 Å². The van der Waals surface area contributed by atoms with Crippen LogP contribution in [0.3, 0.4) is 0 Å². The lowest BCUT2D eigenvalue weighted by Gasteiger charge is -2.33. The molecular formula is C34H55AlO2. The van der Waals surface area contributed by atoms with Crippen molar-refractivity contribution in [2.45, 2.75) is 136 Å². The van der Waals surface area contributed by atoms with Crippen LogP contribution < -0.4 is 8.53 Å². The first-order chi connectivity index (χ1) is 16.7. The number of ether oxygens (including phenoxy) is 1. The predicted molar refractivity (Wildman–Crippen MR) is 164 cm³/mol. The van der Waals surface area contributed by atoms with Crippen molar-refractivity contribution in [1.29, 1.82) is 0 Å². The summed E-state index contributed by atoms with van der Waals surface area (Å²) in [5.74, 6) is 2.21. The second-order valence-corrected chi connectivity index (χ2v) is 18.0. The van der Waals surface area contributed by atoms with Gasteiger partial charge in [-0.1, -0.05) is 131 Å². The molecule has 2 aromatic rings. The first-order valence-corrected chi connectivity index (χ1v) is 16.4. The molecule has 0 N–H and O–H groups in total. The normalized spacial score (nSPS) is 13.1. The highest BCUT2D eigenvalue weighted by Gasteiger charge is 2.32. The van der Waals surface area contributed by atoms with Gasteiger partial charge in [-0.3, -0.25) is 0 Å². The third-order valence-corrected chi connectivity index (χ3v) is 9.48. The van der Waals surface area contributed by atoms with Gasteiger partial charge in [0.2, 0.25) is 0 Å². The first kappa shape index (κ1) is 31.8. The summed E-state index contributed by atoms with van der Waals surface area (Å²) in [6.45, 7) is 34.9. The summed E-state index contributed by atoms with van der Waals surface area (Å²) in [4.78, 5) is 0. The van der Waals surface area contributed by atoms with Gasteiger partial charge in [-0.25, -0.2) is 0 Å². The number of aryl methyl sites for hydroxylation is 2. The number of hydrogen-bond acceptors (Lipinski definition) is 2. The van der Waals surface area contributed by atoms with E-state index in [1.807, 2.05) is 0 Å². The van der Waals surface area contributed by atoms with Gasteiger partial charge in [0.15, 0.2) is 0 Å². The minimum Gasteiger partial charge on any atom is -0.642 e. The average Bonchev–Trinajstić information content (AvgIpc) is 2.71. The molecule has 0 heterocycles. The maximum atomic E-state index is 7.04. The highest BCUT2D eigenvalue weighted by Crippen LogP contribution is 2.42. The molecule has 0 spiro atoms. The van der Waals surface area contributed by atoms with Crippen LogP contribution in [0.1, 0.15) is 123 Å². The van der Waals surface area contributed by atoms with Gasteiger partial charge in [-0.15, -0.1) is 0 Å². The molecule has 0 bridgehead atoms. The predicted octanol–water partition coefficient (Wildman–Crippen LogP) is 9.96. The van der Waals surface area contributed by atoms with Crippen LogP contribution >= 0.6 is 0 Å². The van der Waals surface area contributed by atoms with Crippen molar-refractivity contribution < 1.29 is 8.53 Å². The van der Waals surface area contributed by atoms with Gasteiger partial charge in [0, 0.05) is 11.1 Å². The molecule has 0 aliphatic heterocycles. The van der Waals surface area contributed by atoms with E-state index >= 15 is 0 Å². The lowest BCUT2D eigenvalue weighted by atomic mass is 9.78. The zero-order valence-corrected chi connectivity index (χ0v) is 28.0. The molecule has 0 saturated carbocycles. The zero-order chi connectivity index (χ0) is 28.6. The second-order valence-electron chi connectivity index (χ2n) is 15.2. The molecule has 3 heteroatoms. The molecule has 0 aliphatic rings. The van der Waals surface area contributed by atoms with E-state index in [0.717, 1.165) is 22.1 Å². The highest BCUT2D eigenvalue weighted by atomic mass is 27.2. The molecule has 0 fully saturated rings. The Morgan fingerprint density at radius 3 is 1.19 bits per heavy atom. The maximum Gasteiger partial charge on any atom is 0.550 e. The molecule has 0 unspecified atom stereocenters. The minimum atomic E-state index is -1.55. The third-order valence-electron chi connectivity index (χ3n) is 7.12. The topological polar surface area (TPSA) is 18.5 Å². The fourth-order valence-electron chi connectivity index (χ4n) is 4.86. The van der Waals surface area contributed by atoms with E-state index in [0.29, 0.717) is 6.61 Å². The molecule has 0 amide bonds. The monoisotopic (exact) mass is 522 g/mol. The molecule has 37 heavy (non-hydrogen) atoms. The summed E-state index contributed by atoms with van der Waals surface area (Å²) in [7, 11) is 0. The van der Waals surface area contributed by atoms with Crippen molar-refractivity contribution in [1.82, 2.24) is 0 Å². The molecule has 2 rings (SSSR count). The van der Waals surface area contributed by atoms with Crippen molar-refractivity contribution in [2.24, 2.45) is 0 Å². The third kappa shape index (κ3) is 8.28. The van der Waals surface area contributed by atoms with E-state index in [1.54, 1.807) is 0 Å². The smallest absolute Gasteiger partial charge is 0.550 e. The van der Waals surface area contributed by atoms with Gasteiger partial charge < -0.3 is 8.53 Å². The van der Waals surface area contributed by atoms with Crippen LogP contribution in [-0.2, 0) is 21.7 Å². The van der Waals surface area contributed by atoms with Gasteiger partial charge in [-0.05, 0) is 51.9 Å². The van der Waals surface area contributed by atoms with Crippen molar-refractivity contribution in [3.05, 3.63) is 57.6 Å². The Morgan fingerprint density at radius 1 is 0.568 bits per heavy atom. The minimum absolute atomic E-state index is 0.0184. The average molecular weight is 523 g/mol. The molecule has 0 radical (unpaired) electrons. The van der Waals surface area contributed by atoms with Crippen molar-refractivity contribution in [3.8, 4) is 11.5 Å². The first-order valence-electron chi connectivity index (χ1n) is 14.3. The van der Waals surface area contributed by atoms with Gasteiger partial charge >= 0.3 is 14.5 Å². The summed E-state index contributed by atoms with van der Waals surface area (Å²) in [6, 6.07) is 9.29. The Hall–Kier alpha value is -1.43. The Balaban J connectivity index is 2.41. The maximum absolute atomic E-state index is 7.04. The van der Waals surface area contributed by atoms with Gasteiger partial charge in [0.25, 0.3) is 0 Å². The van der Waals surface area contributed by atoms with Crippen molar-refractivity contribution in [2.75, 3.05) is 6.61 Å². The van der Waals surface area contributed by atoms with Crippen LogP contribution in [0.2, 0.25) is 10.6 Å². The number of rotatable bonds is 7. The SMILES string of the molecule is C[CH2][Al]([CH2]COc1c(C(C)(C)C)cc(C)cc1C(C)(C)C)[O]c1c(C(C)(C)C)cc(C)cc1C(C)(C)C. The Labute approximate surface area is 234 Å². The van der Waals surface area contributed by atoms with E-state index in [2.05, 4.69) is 128 Å². The molecule has 0 aliphatic carbocycles. The fraction of sp³-hybridized carbons (Fsp3) is 0.647. The van der Waals surface area contributed by atoms with E-state index in [-0.39, 0.29) is 21.7 Å². The van der Waals surface area contributed by atoms with Crippen molar-refractivity contribution >= 4 is 14.5 Å². The van der Waals surface area contributed by atoms with Crippen molar-refractivity contribution in [3.63, 3.8) is 0 Å². The second kappa shape index (κ2) is 11.4. The summed E-state index contributed by atoms with van der Waals surface area (Å²) in [5, 5.41) is 2.06. The van der Waals surface area contributed by atoms with Crippen LogP contribution in [-0.4, -0.2) is 21.1 Å². The number of benzene rings is 2. The highest BCUT2D eigenvalue weighted by molar-refractivity contribution is 6.52. The largest absolute Gasteiger partial charge is 0.642 e. The molecule has 0 atom stereocenters. The van der Waals surface area contributed by atoms with Crippen LogP contribution in [0, 0.1) is 13.8 Å².